The number of para-hydroxylation sites is 1. The lowest BCUT2D eigenvalue weighted by atomic mass is 9.82. The van der Waals surface area contributed by atoms with Crippen molar-refractivity contribution in [2.24, 2.45) is 5.92 Å². The van der Waals surface area contributed by atoms with E-state index in [-0.39, 0.29) is 36.0 Å². The van der Waals surface area contributed by atoms with Crippen LogP contribution in [0, 0.1) is 5.92 Å². The molecule has 3 aromatic carbocycles. The molecule has 1 spiro atoms. The van der Waals surface area contributed by atoms with Crippen molar-refractivity contribution in [2.45, 2.75) is 63.2 Å². The molecule has 0 radical (unpaired) electrons. The maximum Gasteiger partial charge on any atom is 0.264 e. The van der Waals surface area contributed by atoms with Crippen LogP contribution in [-0.2, 0) is 34.6 Å². The van der Waals surface area contributed by atoms with Crippen LogP contribution in [0.2, 0.25) is 18.6 Å². The van der Waals surface area contributed by atoms with Gasteiger partial charge in [0.1, 0.15) is 0 Å². The standard InChI is InChI=1S/C34H39N5O5Si/c1-23-31(45(2,3)43)30(17-19-38-22-27(18-20-40)36-37-38)44-34(23)28-11-7-8-12-29(28)39(33(34)42)21-24-13-15-26(16-14-24)35-32(41)25-9-5-4-6-10-25/h4-16,22-23,30-31,40,43H,17-21H2,1-3H3,(H,35,41)/t23-,30+,31-,34+/m1/s1. The van der Waals surface area contributed by atoms with E-state index in [2.05, 4.69) is 15.6 Å². The number of hydrogen-bond donors (Lipinski definition) is 3. The fraction of sp³-hybridized carbons (Fsp3) is 0.353. The minimum absolute atomic E-state index is 0.00380. The number of nitrogens with zero attached hydrogens (tertiary/aromatic N) is 4. The smallest absolute Gasteiger partial charge is 0.264 e. The molecule has 11 heteroatoms. The summed E-state index contributed by atoms with van der Waals surface area (Å²) in [5, 5.41) is 20.5. The monoisotopic (exact) mass is 625 g/mol. The summed E-state index contributed by atoms with van der Waals surface area (Å²) >= 11 is 0. The van der Waals surface area contributed by atoms with E-state index in [1.807, 2.05) is 92.9 Å². The number of ether oxygens (including phenoxy) is 1. The Morgan fingerprint density at radius 3 is 2.47 bits per heavy atom. The summed E-state index contributed by atoms with van der Waals surface area (Å²) in [5.41, 5.74) is 3.09. The summed E-state index contributed by atoms with van der Waals surface area (Å²) in [7, 11) is -2.79. The molecule has 6 rings (SSSR count). The van der Waals surface area contributed by atoms with E-state index in [1.165, 1.54) is 0 Å². The van der Waals surface area contributed by atoms with Gasteiger partial charge >= 0.3 is 0 Å². The minimum atomic E-state index is -2.79. The van der Waals surface area contributed by atoms with Gasteiger partial charge in [-0.3, -0.25) is 14.3 Å². The molecular weight excluding hydrogens is 586 g/mol. The third-order valence-corrected chi connectivity index (χ3v) is 11.6. The maximum atomic E-state index is 14.6. The molecule has 0 unspecified atom stereocenters. The molecule has 3 heterocycles. The molecule has 1 saturated heterocycles. The van der Waals surface area contributed by atoms with Crippen molar-refractivity contribution in [3.8, 4) is 0 Å². The van der Waals surface area contributed by atoms with Crippen molar-refractivity contribution < 1.29 is 24.2 Å². The SMILES string of the molecule is C[C@@H]1[C@@H]([Si](C)(C)O)[C@H](CCn2cc(CCO)nn2)O[C@@]12C(=O)N(Cc1ccc(NC(=O)c3ccccc3)cc1)c1ccccc12. The van der Waals surface area contributed by atoms with Gasteiger partial charge < -0.3 is 24.9 Å². The quantitative estimate of drug-likeness (QED) is 0.221. The van der Waals surface area contributed by atoms with Crippen molar-refractivity contribution in [3.63, 3.8) is 0 Å². The van der Waals surface area contributed by atoms with Gasteiger partial charge in [-0.2, -0.15) is 0 Å². The molecule has 1 aromatic heterocycles. The zero-order chi connectivity index (χ0) is 31.8. The van der Waals surface area contributed by atoms with Gasteiger partial charge in [0.2, 0.25) is 0 Å². The number of aliphatic hydroxyl groups is 1. The molecule has 2 aliphatic heterocycles. The Kier molecular flexibility index (Phi) is 8.44. The third-order valence-electron chi connectivity index (χ3n) is 9.08. The molecule has 1 fully saturated rings. The maximum absolute atomic E-state index is 14.6. The van der Waals surface area contributed by atoms with Crippen LogP contribution in [-0.4, -0.2) is 57.7 Å². The normalized spacial score (nSPS) is 22.6. The Morgan fingerprint density at radius 2 is 1.76 bits per heavy atom. The summed E-state index contributed by atoms with van der Waals surface area (Å²) in [6.45, 7) is 6.72. The van der Waals surface area contributed by atoms with Crippen molar-refractivity contribution >= 4 is 31.5 Å². The molecule has 0 bridgehead atoms. The Bertz CT molecular complexity index is 1670. The Morgan fingerprint density at radius 1 is 1.04 bits per heavy atom. The van der Waals surface area contributed by atoms with E-state index in [4.69, 9.17) is 4.74 Å². The fourth-order valence-electron chi connectivity index (χ4n) is 7.06. The van der Waals surface area contributed by atoms with Gasteiger partial charge in [0.15, 0.2) is 13.9 Å². The summed E-state index contributed by atoms with van der Waals surface area (Å²) in [6, 6.07) is 24.3. The molecule has 234 valence electrons. The van der Waals surface area contributed by atoms with E-state index in [0.29, 0.717) is 42.9 Å². The van der Waals surface area contributed by atoms with Crippen LogP contribution < -0.4 is 10.2 Å². The van der Waals surface area contributed by atoms with Crippen molar-refractivity contribution in [1.29, 1.82) is 0 Å². The van der Waals surface area contributed by atoms with Gasteiger partial charge in [0.05, 0.1) is 24.0 Å². The molecule has 45 heavy (non-hydrogen) atoms. The van der Waals surface area contributed by atoms with Crippen LogP contribution in [0.1, 0.15) is 40.5 Å². The molecule has 0 saturated carbocycles. The number of carbonyl (C=O) groups is 2. The number of fused-ring (bicyclic) bond motifs is 2. The van der Waals surface area contributed by atoms with Crippen LogP contribution in [0.4, 0.5) is 11.4 Å². The number of nitrogens with one attached hydrogen (secondary N) is 1. The van der Waals surface area contributed by atoms with E-state index in [1.54, 1.807) is 21.7 Å². The number of aromatic nitrogens is 3. The number of aliphatic hydroxyl groups excluding tert-OH is 1. The van der Waals surface area contributed by atoms with Crippen molar-refractivity contribution in [1.82, 2.24) is 15.0 Å². The summed E-state index contributed by atoms with van der Waals surface area (Å²) in [4.78, 5) is 40.5. The molecule has 4 aromatic rings. The number of amides is 2. The Balaban J connectivity index is 1.24. The fourth-order valence-corrected chi connectivity index (χ4v) is 9.67. The van der Waals surface area contributed by atoms with Gasteiger partial charge in [0.25, 0.3) is 11.8 Å². The second-order valence-electron chi connectivity index (χ2n) is 12.5. The number of rotatable bonds is 10. The molecule has 3 N–H and O–H groups in total. The third kappa shape index (κ3) is 5.84. The predicted octanol–water partition coefficient (Wildman–Crippen LogP) is 4.50. The van der Waals surface area contributed by atoms with Gasteiger partial charge in [0, 0.05) is 54.0 Å². The zero-order valence-corrected chi connectivity index (χ0v) is 26.8. The molecule has 2 aliphatic rings. The molecule has 10 nitrogen and oxygen atoms in total. The van der Waals surface area contributed by atoms with Gasteiger partial charge in [-0.15, -0.1) is 5.10 Å². The lowest BCUT2D eigenvalue weighted by Gasteiger charge is -2.32. The van der Waals surface area contributed by atoms with Crippen LogP contribution in [0.25, 0.3) is 0 Å². The highest BCUT2D eigenvalue weighted by molar-refractivity contribution is 6.71. The lowest BCUT2D eigenvalue weighted by molar-refractivity contribution is -0.146. The first-order valence-corrected chi connectivity index (χ1v) is 18.4. The summed E-state index contributed by atoms with van der Waals surface area (Å²) in [6.07, 6.45) is 2.45. The van der Waals surface area contributed by atoms with E-state index in [9.17, 15) is 19.5 Å². The highest BCUT2D eigenvalue weighted by Crippen LogP contribution is 2.59. The van der Waals surface area contributed by atoms with Crippen LogP contribution in [0.15, 0.2) is 85.1 Å². The first kappa shape index (κ1) is 30.8. The largest absolute Gasteiger partial charge is 0.432 e. The van der Waals surface area contributed by atoms with Crippen molar-refractivity contribution in [2.75, 3.05) is 16.8 Å². The van der Waals surface area contributed by atoms with Gasteiger partial charge in [-0.1, -0.05) is 60.7 Å². The number of aryl methyl sites for hydroxylation is 1. The Hall–Kier alpha value is -4.16. The summed E-state index contributed by atoms with van der Waals surface area (Å²) < 4.78 is 8.62. The highest BCUT2D eigenvalue weighted by Gasteiger charge is 2.66. The summed E-state index contributed by atoms with van der Waals surface area (Å²) in [5.74, 6) is -0.575. The van der Waals surface area contributed by atoms with Crippen LogP contribution in [0.5, 0.6) is 0 Å². The van der Waals surface area contributed by atoms with E-state index in [0.717, 1.165) is 16.8 Å². The van der Waals surface area contributed by atoms with Crippen LogP contribution >= 0.6 is 0 Å². The second-order valence-corrected chi connectivity index (χ2v) is 16.5. The van der Waals surface area contributed by atoms with E-state index < -0.39 is 13.9 Å². The van der Waals surface area contributed by atoms with Crippen LogP contribution in [0.3, 0.4) is 0 Å². The molecule has 4 atom stereocenters. The Labute approximate surface area is 263 Å². The first-order chi connectivity index (χ1) is 21.6. The predicted molar refractivity (Wildman–Crippen MR) is 173 cm³/mol. The van der Waals surface area contributed by atoms with E-state index >= 15 is 0 Å². The second kappa shape index (κ2) is 12.3. The molecule has 2 amide bonds. The number of hydrogen-bond acceptors (Lipinski definition) is 7. The molecule has 0 aliphatic carbocycles. The lowest BCUT2D eigenvalue weighted by Crippen LogP contribution is -2.46. The topological polar surface area (TPSA) is 130 Å². The van der Waals surface area contributed by atoms with Crippen molar-refractivity contribution in [3.05, 3.63) is 107 Å². The average Bonchev–Trinajstić information content (AvgIpc) is 3.67. The van der Waals surface area contributed by atoms with Gasteiger partial charge in [-0.25, -0.2) is 0 Å². The first-order valence-electron chi connectivity index (χ1n) is 15.4. The molecular formula is C34H39N5O5Si. The number of anilines is 2. The highest BCUT2D eigenvalue weighted by atomic mass is 28.4. The minimum Gasteiger partial charge on any atom is -0.432 e. The zero-order valence-electron chi connectivity index (χ0n) is 25.8. The van der Waals surface area contributed by atoms with Gasteiger partial charge in [-0.05, 0) is 55.4 Å². The average molecular weight is 626 g/mol. The number of benzene rings is 3. The number of carbonyl (C=O) groups excluding carboxylic acids is 2.